The Morgan fingerprint density at radius 3 is 2.75 bits per heavy atom. The molecule has 2 aliphatic heterocycles. The van der Waals surface area contributed by atoms with E-state index in [1.54, 1.807) is 12.1 Å². The summed E-state index contributed by atoms with van der Waals surface area (Å²) in [5.74, 6) is -0.827. The zero-order valence-corrected chi connectivity index (χ0v) is 13.6. The van der Waals surface area contributed by atoms with Crippen LogP contribution >= 0.6 is 0 Å². The van der Waals surface area contributed by atoms with Gasteiger partial charge in [-0.3, -0.25) is 19.8 Å². The van der Waals surface area contributed by atoms with E-state index in [2.05, 4.69) is 4.90 Å². The number of hydrogen-bond donors (Lipinski definition) is 1. The lowest BCUT2D eigenvalue weighted by Crippen LogP contribution is -2.52. The van der Waals surface area contributed by atoms with Crippen molar-refractivity contribution in [3.63, 3.8) is 0 Å². The Morgan fingerprint density at radius 1 is 1.38 bits per heavy atom. The normalized spacial score (nSPS) is 29.4. The molecule has 0 radical (unpaired) electrons. The predicted octanol–water partition coefficient (Wildman–Crippen LogP) is 1.52. The second kappa shape index (κ2) is 6.86. The number of carbonyl (C=O) groups excluding carboxylic acids is 1. The van der Waals surface area contributed by atoms with Crippen LogP contribution in [0, 0.1) is 16.0 Å². The van der Waals surface area contributed by atoms with Crippen molar-refractivity contribution in [2.24, 2.45) is 5.92 Å². The van der Waals surface area contributed by atoms with Crippen LogP contribution in [0.15, 0.2) is 24.3 Å². The molecule has 3 rings (SSSR count). The first-order valence-corrected chi connectivity index (χ1v) is 8.27. The highest BCUT2D eigenvalue weighted by Gasteiger charge is 2.48. The van der Waals surface area contributed by atoms with Gasteiger partial charge in [0, 0.05) is 30.6 Å². The molecule has 2 saturated heterocycles. The molecule has 0 aromatic heterocycles. The van der Waals surface area contributed by atoms with E-state index < -0.39 is 16.9 Å². The maximum atomic E-state index is 12.4. The average Bonchev–Trinajstić information content (AvgIpc) is 2.79. The molecule has 24 heavy (non-hydrogen) atoms. The van der Waals surface area contributed by atoms with Gasteiger partial charge >= 0.3 is 5.97 Å². The van der Waals surface area contributed by atoms with E-state index in [1.165, 1.54) is 12.1 Å². The Labute approximate surface area is 140 Å². The maximum Gasteiger partial charge on any atom is 0.313 e. The summed E-state index contributed by atoms with van der Waals surface area (Å²) < 4.78 is 5.37. The zero-order chi connectivity index (χ0) is 17.3. The summed E-state index contributed by atoms with van der Waals surface area (Å²) in [5.41, 5.74) is 0.913. The van der Waals surface area contributed by atoms with Gasteiger partial charge in [0.15, 0.2) is 0 Å². The van der Waals surface area contributed by atoms with Gasteiger partial charge in [0.2, 0.25) is 0 Å². The van der Waals surface area contributed by atoms with Crippen molar-refractivity contribution in [3.05, 3.63) is 39.9 Å². The van der Waals surface area contributed by atoms with Gasteiger partial charge in [0.1, 0.15) is 0 Å². The lowest BCUT2D eigenvalue weighted by atomic mass is 9.88. The standard InChI is InChI=1S/C17H22N2O5/c1-18-13-6-7-14(18)16(15(20)10-13)17(21)24-9-8-11-2-4-12(5-3-11)19(22)23/h2-5,13-16,20H,6-10H2,1H3/t13-,14+,15+,16+/m1/s1. The van der Waals surface area contributed by atoms with E-state index >= 15 is 0 Å². The predicted molar refractivity (Wildman–Crippen MR) is 86.4 cm³/mol. The second-order valence-corrected chi connectivity index (χ2v) is 6.63. The van der Waals surface area contributed by atoms with E-state index in [0.29, 0.717) is 18.9 Å². The van der Waals surface area contributed by atoms with Gasteiger partial charge in [-0.15, -0.1) is 0 Å². The number of carbonyl (C=O) groups is 1. The van der Waals surface area contributed by atoms with Gasteiger partial charge < -0.3 is 9.84 Å². The number of aliphatic hydroxyl groups excluding tert-OH is 1. The summed E-state index contributed by atoms with van der Waals surface area (Å²) in [5, 5.41) is 20.9. The molecular formula is C17H22N2O5. The third-order valence-electron chi connectivity index (χ3n) is 5.29. The van der Waals surface area contributed by atoms with E-state index in [9.17, 15) is 20.0 Å². The summed E-state index contributed by atoms with van der Waals surface area (Å²) in [7, 11) is 2.01. The van der Waals surface area contributed by atoms with Gasteiger partial charge in [-0.05, 0) is 31.9 Å². The van der Waals surface area contributed by atoms with Gasteiger partial charge in [0.25, 0.3) is 5.69 Å². The molecule has 2 bridgehead atoms. The first-order valence-electron chi connectivity index (χ1n) is 8.27. The lowest BCUT2D eigenvalue weighted by molar-refractivity contribution is -0.384. The summed E-state index contributed by atoms with van der Waals surface area (Å²) in [6, 6.07) is 6.64. The summed E-state index contributed by atoms with van der Waals surface area (Å²) in [4.78, 5) is 24.7. The summed E-state index contributed by atoms with van der Waals surface area (Å²) in [6.45, 7) is 0.208. The third-order valence-corrected chi connectivity index (χ3v) is 5.29. The van der Waals surface area contributed by atoms with Crippen molar-refractivity contribution in [1.29, 1.82) is 0 Å². The number of benzene rings is 1. The highest BCUT2D eigenvalue weighted by atomic mass is 16.6. The number of hydrogen-bond acceptors (Lipinski definition) is 6. The number of ether oxygens (including phenoxy) is 1. The molecule has 2 aliphatic rings. The number of piperidine rings is 1. The Bertz CT molecular complexity index is 618. The molecule has 0 aliphatic carbocycles. The average molecular weight is 334 g/mol. The van der Waals surface area contributed by atoms with Crippen LogP contribution in [0.2, 0.25) is 0 Å². The Hall–Kier alpha value is -1.99. The van der Waals surface area contributed by atoms with Gasteiger partial charge in [-0.1, -0.05) is 12.1 Å². The monoisotopic (exact) mass is 334 g/mol. The molecule has 1 N–H and O–H groups in total. The van der Waals surface area contributed by atoms with Crippen molar-refractivity contribution in [1.82, 2.24) is 4.90 Å². The van der Waals surface area contributed by atoms with Crippen molar-refractivity contribution >= 4 is 11.7 Å². The molecule has 2 heterocycles. The van der Waals surface area contributed by atoms with E-state index in [-0.39, 0.29) is 24.3 Å². The third kappa shape index (κ3) is 3.27. The topological polar surface area (TPSA) is 92.9 Å². The van der Waals surface area contributed by atoms with E-state index in [1.807, 2.05) is 7.05 Å². The second-order valence-electron chi connectivity index (χ2n) is 6.63. The zero-order valence-electron chi connectivity index (χ0n) is 13.6. The fraction of sp³-hybridized carbons (Fsp3) is 0.588. The minimum absolute atomic E-state index is 0.0416. The first kappa shape index (κ1) is 16.9. The maximum absolute atomic E-state index is 12.4. The molecule has 2 fully saturated rings. The molecule has 4 atom stereocenters. The molecule has 1 aromatic rings. The van der Waals surface area contributed by atoms with Crippen molar-refractivity contribution in [2.75, 3.05) is 13.7 Å². The SMILES string of the molecule is CN1[C@@H]2CC[C@H]1[C@H](C(=O)OCCc1ccc([N+](=O)[O-])cc1)[C@@H](O)C2. The van der Waals surface area contributed by atoms with Gasteiger partial charge in [0.05, 0.1) is 23.6 Å². The molecule has 0 saturated carbocycles. The molecule has 0 spiro atoms. The minimum atomic E-state index is -0.634. The highest BCUT2D eigenvalue weighted by molar-refractivity contribution is 5.74. The number of non-ortho nitro benzene ring substituents is 1. The Balaban J connectivity index is 1.53. The number of fused-ring (bicyclic) bond motifs is 2. The molecule has 7 heteroatoms. The molecule has 1 aromatic carbocycles. The van der Waals surface area contributed by atoms with Crippen LogP contribution in [0.4, 0.5) is 5.69 Å². The summed E-state index contributed by atoms with van der Waals surface area (Å²) >= 11 is 0. The number of nitro benzene ring substituents is 1. The molecule has 0 amide bonds. The lowest BCUT2D eigenvalue weighted by Gasteiger charge is -2.39. The van der Waals surface area contributed by atoms with Crippen LogP contribution in [0.1, 0.15) is 24.8 Å². The number of nitrogens with zero attached hydrogens (tertiary/aromatic N) is 2. The van der Waals surface area contributed by atoms with Crippen LogP contribution in [0.5, 0.6) is 0 Å². The molecular weight excluding hydrogens is 312 g/mol. The number of esters is 1. The molecule has 7 nitrogen and oxygen atoms in total. The smallest absolute Gasteiger partial charge is 0.313 e. The van der Waals surface area contributed by atoms with Crippen molar-refractivity contribution in [3.8, 4) is 0 Å². The quantitative estimate of drug-likeness (QED) is 0.499. The fourth-order valence-corrected chi connectivity index (χ4v) is 3.90. The summed E-state index contributed by atoms with van der Waals surface area (Å²) in [6.07, 6.45) is 2.42. The van der Waals surface area contributed by atoms with E-state index in [0.717, 1.165) is 18.4 Å². The van der Waals surface area contributed by atoms with E-state index in [4.69, 9.17) is 4.74 Å². The van der Waals surface area contributed by atoms with Crippen LogP contribution < -0.4 is 0 Å². The molecule has 0 unspecified atom stereocenters. The number of aliphatic hydroxyl groups is 1. The van der Waals surface area contributed by atoms with Crippen molar-refractivity contribution < 1.29 is 19.6 Å². The molecule has 130 valence electrons. The number of rotatable bonds is 5. The minimum Gasteiger partial charge on any atom is -0.465 e. The Morgan fingerprint density at radius 2 is 2.08 bits per heavy atom. The Kier molecular flexibility index (Phi) is 4.82. The van der Waals surface area contributed by atoms with Crippen LogP contribution in [-0.2, 0) is 16.0 Å². The fourth-order valence-electron chi connectivity index (χ4n) is 3.90. The number of nitro groups is 1. The first-order chi connectivity index (χ1) is 11.5. The van der Waals surface area contributed by atoms with Gasteiger partial charge in [-0.2, -0.15) is 0 Å². The van der Waals surface area contributed by atoms with Crippen LogP contribution in [0.3, 0.4) is 0 Å². The van der Waals surface area contributed by atoms with Gasteiger partial charge in [-0.25, -0.2) is 0 Å². The van der Waals surface area contributed by atoms with Crippen molar-refractivity contribution in [2.45, 2.75) is 43.9 Å². The van der Waals surface area contributed by atoms with Crippen LogP contribution in [-0.4, -0.2) is 52.7 Å². The van der Waals surface area contributed by atoms with Crippen LogP contribution in [0.25, 0.3) is 0 Å². The highest BCUT2D eigenvalue weighted by Crippen LogP contribution is 2.38. The largest absolute Gasteiger partial charge is 0.465 e.